The molecule has 0 fully saturated rings. The second-order valence-corrected chi connectivity index (χ2v) is 10.1. The van der Waals surface area contributed by atoms with Gasteiger partial charge in [-0.2, -0.15) is 0 Å². The van der Waals surface area contributed by atoms with E-state index < -0.39 is 10.0 Å². The molecular weight excluding hydrogens is 420 g/mol. The number of anilines is 1. The molecule has 1 unspecified atom stereocenters. The van der Waals surface area contributed by atoms with Gasteiger partial charge in [0, 0.05) is 29.6 Å². The van der Waals surface area contributed by atoms with Gasteiger partial charge in [0.1, 0.15) is 5.84 Å². The van der Waals surface area contributed by atoms with Gasteiger partial charge < -0.3 is 5.32 Å². The van der Waals surface area contributed by atoms with Crippen molar-refractivity contribution >= 4 is 38.8 Å². The molecule has 30 heavy (non-hydrogen) atoms. The molecule has 1 aromatic carbocycles. The average Bonchev–Trinajstić information content (AvgIpc) is 3.13. The Morgan fingerprint density at radius 2 is 2.07 bits per heavy atom. The number of carbonyl (C=O) groups is 1. The third-order valence-corrected chi connectivity index (χ3v) is 7.49. The zero-order valence-electron chi connectivity index (χ0n) is 17.3. The van der Waals surface area contributed by atoms with E-state index in [-0.39, 0.29) is 23.4 Å². The van der Waals surface area contributed by atoms with Crippen LogP contribution in [0.25, 0.3) is 0 Å². The third-order valence-electron chi connectivity index (χ3n) is 5.06. The van der Waals surface area contributed by atoms with Crippen molar-refractivity contribution in [2.24, 2.45) is 4.99 Å². The highest BCUT2D eigenvalue weighted by atomic mass is 32.2. The molecule has 0 radical (unpaired) electrons. The van der Waals surface area contributed by atoms with Gasteiger partial charge in [0.2, 0.25) is 5.91 Å². The summed E-state index contributed by atoms with van der Waals surface area (Å²) < 4.78 is 28.1. The smallest absolute Gasteiger partial charge is 0.262 e. The van der Waals surface area contributed by atoms with Crippen molar-refractivity contribution in [3.8, 4) is 0 Å². The van der Waals surface area contributed by atoms with Crippen molar-refractivity contribution in [1.29, 1.82) is 0 Å². The molecular formula is C21H28N4O3S2. The van der Waals surface area contributed by atoms with Gasteiger partial charge in [-0.1, -0.05) is 18.6 Å². The van der Waals surface area contributed by atoms with Crippen LogP contribution >= 0.6 is 11.3 Å². The quantitative estimate of drug-likeness (QED) is 0.677. The van der Waals surface area contributed by atoms with E-state index >= 15 is 0 Å². The molecule has 1 amide bonds. The molecule has 162 valence electrons. The van der Waals surface area contributed by atoms with E-state index in [4.69, 9.17) is 0 Å². The SMILES string of the molecule is CC(c1cccs1)N(C)CC(=O)Nc1cccc(S(=O)(=O)NC2=NCCCCC2)c1. The van der Waals surface area contributed by atoms with Crippen LogP contribution in [-0.4, -0.2) is 45.2 Å². The Morgan fingerprint density at radius 1 is 1.23 bits per heavy atom. The van der Waals surface area contributed by atoms with Gasteiger partial charge >= 0.3 is 0 Å². The van der Waals surface area contributed by atoms with E-state index in [9.17, 15) is 13.2 Å². The number of carbonyl (C=O) groups excluding carboxylic acids is 1. The predicted molar refractivity (Wildman–Crippen MR) is 122 cm³/mol. The van der Waals surface area contributed by atoms with Crippen LogP contribution in [0.15, 0.2) is 51.7 Å². The summed E-state index contributed by atoms with van der Waals surface area (Å²) in [6.45, 7) is 2.89. The number of nitrogens with one attached hydrogen (secondary N) is 2. The fraction of sp³-hybridized carbons (Fsp3) is 0.429. The Kier molecular flexibility index (Phi) is 7.63. The second-order valence-electron chi connectivity index (χ2n) is 7.43. The fourth-order valence-electron chi connectivity index (χ4n) is 3.22. The van der Waals surface area contributed by atoms with E-state index in [0.29, 0.717) is 24.5 Å². The third kappa shape index (κ3) is 6.13. The minimum atomic E-state index is -3.74. The standard InChI is InChI=1S/C21H28N4O3S2/c1-16(19-10-7-13-29-19)25(2)15-21(26)23-17-8-6-9-18(14-17)30(27,28)24-20-11-4-3-5-12-22-20/h6-10,13-14,16H,3-5,11-12,15H2,1-2H3,(H,22,24)(H,23,26). The lowest BCUT2D eigenvalue weighted by atomic mass is 10.2. The number of amides is 1. The molecule has 0 saturated heterocycles. The molecule has 2 heterocycles. The van der Waals surface area contributed by atoms with Crippen LogP contribution in [0, 0.1) is 0 Å². The van der Waals surface area contributed by atoms with Crippen LogP contribution in [0.2, 0.25) is 0 Å². The molecule has 0 aliphatic carbocycles. The average molecular weight is 449 g/mol. The van der Waals surface area contributed by atoms with E-state index in [2.05, 4.69) is 15.0 Å². The van der Waals surface area contributed by atoms with Crippen LogP contribution in [0.3, 0.4) is 0 Å². The van der Waals surface area contributed by atoms with Crippen molar-refractivity contribution in [2.75, 3.05) is 25.5 Å². The number of likely N-dealkylation sites (N-methyl/N-ethyl adjacent to an activating group) is 1. The highest BCUT2D eigenvalue weighted by Gasteiger charge is 2.19. The van der Waals surface area contributed by atoms with Crippen molar-refractivity contribution in [1.82, 2.24) is 9.62 Å². The first kappa shape index (κ1) is 22.5. The van der Waals surface area contributed by atoms with Crippen molar-refractivity contribution < 1.29 is 13.2 Å². The van der Waals surface area contributed by atoms with Crippen LogP contribution < -0.4 is 10.0 Å². The van der Waals surface area contributed by atoms with Gasteiger partial charge in [-0.15, -0.1) is 11.3 Å². The molecule has 1 aromatic heterocycles. The number of hydrogen-bond acceptors (Lipinski definition) is 6. The minimum Gasteiger partial charge on any atom is -0.325 e. The first-order valence-electron chi connectivity index (χ1n) is 10.0. The summed E-state index contributed by atoms with van der Waals surface area (Å²) in [4.78, 5) is 20.0. The maximum absolute atomic E-state index is 12.7. The monoisotopic (exact) mass is 448 g/mol. The zero-order chi connectivity index (χ0) is 21.6. The number of rotatable bonds is 7. The molecule has 1 aliphatic heterocycles. The summed E-state index contributed by atoms with van der Waals surface area (Å²) in [6, 6.07) is 10.4. The minimum absolute atomic E-state index is 0.104. The molecule has 1 atom stereocenters. The number of hydrogen-bond donors (Lipinski definition) is 2. The lowest BCUT2D eigenvalue weighted by Crippen LogP contribution is -2.32. The van der Waals surface area contributed by atoms with Crippen LogP contribution in [0.4, 0.5) is 5.69 Å². The van der Waals surface area contributed by atoms with Crippen molar-refractivity contribution in [3.63, 3.8) is 0 Å². The molecule has 2 N–H and O–H groups in total. The molecule has 2 aromatic rings. The molecule has 3 rings (SSSR count). The zero-order valence-corrected chi connectivity index (χ0v) is 18.9. The maximum Gasteiger partial charge on any atom is 0.262 e. The summed E-state index contributed by atoms with van der Waals surface area (Å²) in [5, 5.41) is 4.81. The maximum atomic E-state index is 12.7. The summed E-state index contributed by atoms with van der Waals surface area (Å²) in [5.41, 5.74) is 0.447. The number of aliphatic imine (C=N–C) groups is 1. The lowest BCUT2D eigenvalue weighted by molar-refractivity contribution is -0.117. The largest absolute Gasteiger partial charge is 0.325 e. The first-order valence-corrected chi connectivity index (χ1v) is 12.4. The number of nitrogens with zero attached hydrogens (tertiary/aromatic N) is 2. The Hall–Kier alpha value is -2.23. The highest BCUT2D eigenvalue weighted by molar-refractivity contribution is 7.90. The van der Waals surface area contributed by atoms with Gasteiger partial charge in [-0.3, -0.25) is 19.4 Å². The van der Waals surface area contributed by atoms with Gasteiger partial charge in [0.15, 0.2) is 0 Å². The predicted octanol–water partition coefficient (Wildman–Crippen LogP) is 3.63. The van der Waals surface area contributed by atoms with E-state index in [0.717, 1.165) is 19.3 Å². The normalized spacial score (nSPS) is 15.9. The molecule has 1 aliphatic rings. The Labute approximate surface area is 182 Å². The van der Waals surface area contributed by atoms with E-state index in [1.165, 1.54) is 17.0 Å². The summed E-state index contributed by atoms with van der Waals surface area (Å²) in [6.07, 6.45) is 3.58. The van der Waals surface area contributed by atoms with Crippen molar-refractivity contribution in [2.45, 2.75) is 43.5 Å². The number of amidine groups is 1. The van der Waals surface area contributed by atoms with E-state index in [1.54, 1.807) is 23.5 Å². The molecule has 0 saturated carbocycles. The fourth-order valence-corrected chi connectivity index (χ4v) is 5.21. The van der Waals surface area contributed by atoms with Gasteiger partial charge in [-0.25, -0.2) is 8.42 Å². The Balaban J connectivity index is 1.63. The number of sulfonamides is 1. The number of benzene rings is 1. The summed E-state index contributed by atoms with van der Waals surface area (Å²) in [5.74, 6) is 0.308. The van der Waals surface area contributed by atoms with Crippen molar-refractivity contribution in [3.05, 3.63) is 46.7 Å². The van der Waals surface area contributed by atoms with Crippen LogP contribution in [0.5, 0.6) is 0 Å². The van der Waals surface area contributed by atoms with Crippen LogP contribution in [-0.2, 0) is 14.8 Å². The molecule has 9 heteroatoms. The number of thiophene rings is 1. The Morgan fingerprint density at radius 3 is 2.83 bits per heavy atom. The molecule has 7 nitrogen and oxygen atoms in total. The van der Waals surface area contributed by atoms with Crippen LogP contribution in [0.1, 0.15) is 43.5 Å². The second kappa shape index (κ2) is 10.2. The topological polar surface area (TPSA) is 90.9 Å². The highest BCUT2D eigenvalue weighted by Crippen LogP contribution is 2.23. The lowest BCUT2D eigenvalue weighted by Gasteiger charge is -2.23. The van der Waals surface area contributed by atoms with Gasteiger partial charge in [0.05, 0.1) is 11.4 Å². The van der Waals surface area contributed by atoms with Gasteiger partial charge in [0.25, 0.3) is 10.0 Å². The summed E-state index contributed by atoms with van der Waals surface area (Å²) in [7, 11) is -1.85. The Bertz CT molecular complexity index is 987. The van der Waals surface area contributed by atoms with E-state index in [1.807, 2.05) is 36.4 Å². The molecule has 0 bridgehead atoms. The summed E-state index contributed by atoms with van der Waals surface area (Å²) >= 11 is 1.65. The van der Waals surface area contributed by atoms with Gasteiger partial charge in [-0.05, 0) is 56.5 Å². The first-order chi connectivity index (χ1) is 14.3. The molecule has 0 spiro atoms.